The molecule has 0 aromatic heterocycles. The van der Waals surface area contributed by atoms with E-state index >= 15 is 0 Å². The molecule has 1 saturated carbocycles. The molecule has 1 aliphatic carbocycles. The fourth-order valence-electron chi connectivity index (χ4n) is 2.46. The Hall–Kier alpha value is -0.210. The quantitative estimate of drug-likeness (QED) is 0.624. The number of hydrogen-bond donors (Lipinski definition) is 0. The van der Waals surface area contributed by atoms with Crippen molar-refractivity contribution < 1.29 is 13.2 Å². The predicted octanol–water partition coefficient (Wildman–Crippen LogP) is 4.55. The van der Waals surface area contributed by atoms with Crippen molar-refractivity contribution in [1.29, 1.82) is 0 Å². The van der Waals surface area contributed by atoms with Gasteiger partial charge in [0.25, 0.3) is 0 Å². The van der Waals surface area contributed by atoms with Crippen LogP contribution in [-0.4, -0.2) is 6.18 Å². The van der Waals surface area contributed by atoms with E-state index in [4.69, 9.17) is 0 Å². The maximum atomic E-state index is 12.9. The monoisotopic (exact) mass is 208 g/mol. The molecule has 0 nitrogen and oxygen atoms in total. The number of hydrogen-bond acceptors (Lipinski definition) is 0. The maximum absolute atomic E-state index is 12.9. The zero-order valence-electron chi connectivity index (χ0n) is 8.95. The predicted molar refractivity (Wildman–Crippen MR) is 51.0 cm³/mol. The molecule has 1 aliphatic rings. The Morgan fingerprint density at radius 1 is 1.07 bits per heavy atom. The number of alkyl halides is 3. The van der Waals surface area contributed by atoms with Gasteiger partial charge in [-0.2, -0.15) is 13.2 Å². The fraction of sp³-hybridized carbons (Fsp3) is 1.00. The van der Waals surface area contributed by atoms with Crippen LogP contribution in [0.2, 0.25) is 0 Å². The van der Waals surface area contributed by atoms with Crippen molar-refractivity contribution in [3.63, 3.8) is 0 Å². The minimum absolute atomic E-state index is 0.152. The Morgan fingerprint density at radius 2 is 1.57 bits per heavy atom. The topological polar surface area (TPSA) is 0 Å². The highest BCUT2D eigenvalue weighted by Crippen LogP contribution is 2.51. The first-order valence-corrected chi connectivity index (χ1v) is 5.48. The van der Waals surface area contributed by atoms with E-state index in [-0.39, 0.29) is 12.3 Å². The lowest BCUT2D eigenvalue weighted by Gasteiger charge is -2.40. The third-order valence-electron chi connectivity index (χ3n) is 3.89. The van der Waals surface area contributed by atoms with Crippen molar-refractivity contribution in [2.75, 3.05) is 0 Å². The van der Waals surface area contributed by atoms with Gasteiger partial charge in [0, 0.05) is 0 Å². The summed E-state index contributed by atoms with van der Waals surface area (Å²) in [5, 5.41) is 0. The average Bonchev–Trinajstić information content (AvgIpc) is 2.16. The van der Waals surface area contributed by atoms with Crippen LogP contribution >= 0.6 is 0 Å². The smallest absolute Gasteiger partial charge is 0.171 e. The molecule has 0 amide bonds. The van der Waals surface area contributed by atoms with Crippen molar-refractivity contribution in [1.82, 2.24) is 0 Å². The summed E-state index contributed by atoms with van der Waals surface area (Å²) < 4.78 is 38.7. The Balaban J connectivity index is 2.77. The molecule has 0 radical (unpaired) electrons. The third-order valence-corrected chi connectivity index (χ3v) is 3.89. The van der Waals surface area contributed by atoms with Crippen LogP contribution in [0.15, 0.2) is 0 Å². The van der Waals surface area contributed by atoms with Gasteiger partial charge in [-0.25, -0.2) is 0 Å². The lowest BCUT2D eigenvalue weighted by molar-refractivity contribution is -0.241. The number of halogens is 3. The lowest BCUT2D eigenvalue weighted by Crippen LogP contribution is -2.42. The molecule has 0 aliphatic heterocycles. The van der Waals surface area contributed by atoms with Gasteiger partial charge in [-0.3, -0.25) is 0 Å². The number of rotatable bonds is 2. The van der Waals surface area contributed by atoms with E-state index in [0.29, 0.717) is 0 Å². The van der Waals surface area contributed by atoms with Crippen molar-refractivity contribution >= 4 is 0 Å². The normalized spacial score (nSPS) is 24.6. The van der Waals surface area contributed by atoms with E-state index in [9.17, 15) is 13.2 Å². The Bertz CT molecular complexity index is 179. The van der Waals surface area contributed by atoms with Crippen molar-refractivity contribution in [3.8, 4) is 0 Å². The largest absolute Gasteiger partial charge is 0.394 e. The first-order chi connectivity index (χ1) is 6.42. The highest BCUT2D eigenvalue weighted by atomic mass is 19.4. The van der Waals surface area contributed by atoms with E-state index in [1.54, 1.807) is 6.92 Å². The van der Waals surface area contributed by atoms with Crippen molar-refractivity contribution in [3.05, 3.63) is 0 Å². The van der Waals surface area contributed by atoms with E-state index in [0.717, 1.165) is 32.1 Å². The molecule has 1 atom stereocenters. The molecule has 0 aromatic rings. The summed E-state index contributed by atoms with van der Waals surface area (Å²) in [6.07, 6.45) is 0.722. The molecule has 0 heterocycles. The van der Waals surface area contributed by atoms with Gasteiger partial charge in [0.2, 0.25) is 0 Å². The second kappa shape index (κ2) is 4.11. The summed E-state index contributed by atoms with van der Waals surface area (Å²) in [5.41, 5.74) is -1.45. The van der Waals surface area contributed by atoms with Gasteiger partial charge < -0.3 is 0 Å². The standard InChI is InChI=1S/C11H19F3/c1-3-10(2,11(12,13)14)9-7-5-4-6-8-9/h9H,3-8H2,1-2H3. The molecule has 0 aromatic carbocycles. The fourth-order valence-corrected chi connectivity index (χ4v) is 2.46. The first-order valence-electron chi connectivity index (χ1n) is 5.48. The molecule has 1 fully saturated rings. The molecule has 3 heteroatoms. The third kappa shape index (κ3) is 2.06. The van der Waals surface area contributed by atoms with Crippen molar-refractivity contribution in [2.45, 2.75) is 58.5 Å². The van der Waals surface area contributed by atoms with E-state index in [1.807, 2.05) is 0 Å². The van der Waals surface area contributed by atoms with E-state index in [1.165, 1.54) is 6.92 Å². The van der Waals surface area contributed by atoms with Gasteiger partial charge in [0.05, 0.1) is 5.41 Å². The molecule has 1 rings (SSSR count). The lowest BCUT2D eigenvalue weighted by atomic mass is 9.68. The van der Waals surface area contributed by atoms with Gasteiger partial charge in [0.1, 0.15) is 0 Å². The molecule has 1 unspecified atom stereocenters. The summed E-state index contributed by atoms with van der Waals surface area (Å²) in [6, 6.07) is 0. The highest BCUT2D eigenvalue weighted by Gasteiger charge is 2.53. The zero-order valence-corrected chi connectivity index (χ0v) is 8.95. The van der Waals surface area contributed by atoms with E-state index in [2.05, 4.69) is 0 Å². The van der Waals surface area contributed by atoms with Gasteiger partial charge in [-0.1, -0.05) is 33.1 Å². The molecule has 84 valence electrons. The molecule has 14 heavy (non-hydrogen) atoms. The Kier molecular flexibility index (Phi) is 3.49. The summed E-state index contributed by atoms with van der Waals surface area (Å²) in [6.45, 7) is 3.05. The summed E-state index contributed by atoms with van der Waals surface area (Å²) in [7, 11) is 0. The van der Waals surface area contributed by atoms with Gasteiger partial charge in [-0.05, 0) is 25.2 Å². The minimum atomic E-state index is -4.04. The van der Waals surface area contributed by atoms with Crippen LogP contribution in [0.3, 0.4) is 0 Å². The van der Waals surface area contributed by atoms with Crippen LogP contribution in [0.5, 0.6) is 0 Å². The molecular weight excluding hydrogens is 189 g/mol. The van der Waals surface area contributed by atoms with Crippen molar-refractivity contribution in [2.24, 2.45) is 11.3 Å². The molecule has 0 bridgehead atoms. The molecular formula is C11H19F3. The second-order valence-electron chi connectivity index (χ2n) is 4.60. The SMILES string of the molecule is CCC(C)(C1CCCCC1)C(F)(F)F. The summed E-state index contributed by atoms with van der Waals surface area (Å²) >= 11 is 0. The van der Waals surface area contributed by atoms with Gasteiger partial charge in [0.15, 0.2) is 0 Å². The first kappa shape index (κ1) is 11.9. The van der Waals surface area contributed by atoms with Crippen LogP contribution in [0.4, 0.5) is 13.2 Å². The molecule has 0 spiro atoms. The molecule has 0 saturated heterocycles. The maximum Gasteiger partial charge on any atom is 0.394 e. The van der Waals surface area contributed by atoms with Crippen LogP contribution in [0.25, 0.3) is 0 Å². The highest BCUT2D eigenvalue weighted by molar-refractivity contribution is 4.89. The van der Waals surface area contributed by atoms with E-state index < -0.39 is 11.6 Å². The van der Waals surface area contributed by atoms with Crippen LogP contribution in [-0.2, 0) is 0 Å². The summed E-state index contributed by atoms with van der Waals surface area (Å²) in [5.74, 6) is -0.152. The average molecular weight is 208 g/mol. The Labute approximate surface area is 83.9 Å². The zero-order chi connectivity index (χ0) is 10.8. The van der Waals surface area contributed by atoms with Crippen LogP contribution < -0.4 is 0 Å². The van der Waals surface area contributed by atoms with Crippen LogP contribution in [0, 0.1) is 11.3 Å². The van der Waals surface area contributed by atoms with Gasteiger partial charge in [-0.15, -0.1) is 0 Å². The molecule has 0 N–H and O–H groups in total. The minimum Gasteiger partial charge on any atom is -0.171 e. The van der Waals surface area contributed by atoms with Crippen LogP contribution in [0.1, 0.15) is 52.4 Å². The Morgan fingerprint density at radius 3 is 1.93 bits per heavy atom. The summed E-state index contributed by atoms with van der Waals surface area (Å²) in [4.78, 5) is 0. The van der Waals surface area contributed by atoms with Gasteiger partial charge >= 0.3 is 6.18 Å². The second-order valence-corrected chi connectivity index (χ2v) is 4.60.